The van der Waals surface area contributed by atoms with Crippen LogP contribution in [0, 0.1) is 5.82 Å². The van der Waals surface area contributed by atoms with Crippen molar-refractivity contribution >= 4 is 11.0 Å². The van der Waals surface area contributed by atoms with Gasteiger partial charge in [-0.05, 0) is 30.3 Å². The number of para-hydroxylation sites is 2. The number of H-pyrrole nitrogens is 1. The molecule has 0 saturated carbocycles. The number of hydrogen-bond donors (Lipinski definition) is 1. The zero-order valence-corrected chi connectivity index (χ0v) is 15.1. The van der Waals surface area contributed by atoms with Crippen LogP contribution in [0.1, 0.15) is 5.89 Å². The third-order valence-electron chi connectivity index (χ3n) is 4.80. The van der Waals surface area contributed by atoms with Gasteiger partial charge in [0.1, 0.15) is 11.6 Å². The molecule has 1 aliphatic heterocycles. The number of aromatic nitrogens is 4. The van der Waals surface area contributed by atoms with E-state index in [2.05, 4.69) is 25.0 Å². The molecule has 2 aromatic heterocycles. The van der Waals surface area contributed by atoms with Gasteiger partial charge in [0.25, 0.3) is 0 Å². The molecule has 0 atom stereocenters. The largest absolute Gasteiger partial charge is 0.379 e. The van der Waals surface area contributed by atoms with E-state index in [0.717, 1.165) is 29.7 Å². The Morgan fingerprint density at radius 3 is 2.79 bits per heavy atom. The Bertz CT molecular complexity index is 1080. The van der Waals surface area contributed by atoms with Crippen LogP contribution in [0.5, 0.6) is 0 Å². The number of hydrogen-bond acceptors (Lipinski definition) is 6. The quantitative estimate of drug-likeness (QED) is 0.586. The Morgan fingerprint density at radius 2 is 1.93 bits per heavy atom. The zero-order chi connectivity index (χ0) is 18.9. The highest BCUT2D eigenvalue weighted by Gasteiger charge is 2.18. The van der Waals surface area contributed by atoms with Crippen molar-refractivity contribution in [1.29, 1.82) is 0 Å². The number of benzene rings is 2. The molecule has 1 N–H and O–H groups in total. The van der Waals surface area contributed by atoms with Crippen molar-refractivity contribution in [3.05, 3.63) is 54.2 Å². The number of halogens is 1. The third-order valence-corrected chi connectivity index (χ3v) is 4.80. The monoisotopic (exact) mass is 379 g/mol. The predicted octanol–water partition coefficient (Wildman–Crippen LogP) is 3.25. The summed E-state index contributed by atoms with van der Waals surface area (Å²) in [6.07, 6.45) is 0. The second-order valence-corrected chi connectivity index (χ2v) is 6.70. The smallest absolute Gasteiger partial charge is 0.241 e. The molecule has 0 amide bonds. The number of nitrogens with zero attached hydrogens (tertiary/aromatic N) is 4. The first-order chi connectivity index (χ1) is 13.8. The summed E-state index contributed by atoms with van der Waals surface area (Å²) in [7, 11) is 0. The molecule has 1 saturated heterocycles. The fourth-order valence-electron chi connectivity index (χ4n) is 3.31. The minimum absolute atomic E-state index is 0.235. The number of nitrogens with one attached hydrogen (secondary N) is 1. The summed E-state index contributed by atoms with van der Waals surface area (Å²) in [5, 5.41) is 3.98. The number of imidazole rings is 1. The van der Waals surface area contributed by atoms with E-state index in [4.69, 9.17) is 9.26 Å². The van der Waals surface area contributed by atoms with Crippen molar-refractivity contribution in [2.45, 2.75) is 6.54 Å². The maximum atomic E-state index is 14.5. The van der Waals surface area contributed by atoms with E-state index in [-0.39, 0.29) is 11.4 Å². The molecular formula is C20H18FN5O2. The SMILES string of the molecule is Fc1ccc(-c2nc3ccccc3[nH]2)cc1-c1noc(CN2CCOCC2)n1. The molecule has 4 aromatic rings. The molecule has 1 fully saturated rings. The molecule has 0 unspecified atom stereocenters. The second-order valence-electron chi connectivity index (χ2n) is 6.70. The van der Waals surface area contributed by atoms with E-state index in [9.17, 15) is 4.39 Å². The molecule has 28 heavy (non-hydrogen) atoms. The van der Waals surface area contributed by atoms with Crippen LogP contribution in [0.4, 0.5) is 4.39 Å². The molecule has 3 heterocycles. The third kappa shape index (κ3) is 3.28. The van der Waals surface area contributed by atoms with Crippen molar-refractivity contribution in [3.63, 3.8) is 0 Å². The fraction of sp³-hybridized carbons (Fsp3) is 0.250. The minimum Gasteiger partial charge on any atom is -0.379 e. The lowest BCUT2D eigenvalue weighted by Crippen LogP contribution is -2.35. The molecule has 0 radical (unpaired) electrons. The van der Waals surface area contributed by atoms with Gasteiger partial charge in [-0.15, -0.1) is 0 Å². The summed E-state index contributed by atoms with van der Waals surface area (Å²) >= 11 is 0. The highest BCUT2D eigenvalue weighted by Crippen LogP contribution is 2.27. The topological polar surface area (TPSA) is 80.1 Å². The van der Waals surface area contributed by atoms with Crippen LogP contribution in [0.2, 0.25) is 0 Å². The maximum absolute atomic E-state index is 14.5. The van der Waals surface area contributed by atoms with Gasteiger partial charge in [0.2, 0.25) is 11.7 Å². The van der Waals surface area contributed by atoms with Crippen LogP contribution in [0.25, 0.3) is 33.8 Å². The molecule has 5 rings (SSSR count). The van der Waals surface area contributed by atoms with E-state index in [1.54, 1.807) is 12.1 Å². The molecule has 0 bridgehead atoms. The van der Waals surface area contributed by atoms with Crippen molar-refractivity contribution in [3.8, 4) is 22.8 Å². The standard InChI is InChI=1S/C20H18FN5O2/c21-15-6-5-13(19-22-16-3-1-2-4-17(16)23-19)11-14(15)20-24-18(28-25-20)12-26-7-9-27-10-8-26/h1-6,11H,7-10,12H2,(H,22,23). The molecule has 8 heteroatoms. The molecule has 142 valence electrons. The van der Waals surface area contributed by atoms with E-state index in [0.29, 0.717) is 31.5 Å². The summed E-state index contributed by atoms with van der Waals surface area (Å²) in [4.78, 5) is 14.4. The second kappa shape index (κ2) is 7.14. The molecule has 0 aliphatic carbocycles. The van der Waals surface area contributed by atoms with Gasteiger partial charge in [-0.2, -0.15) is 4.98 Å². The Morgan fingerprint density at radius 1 is 1.07 bits per heavy atom. The molecule has 1 aliphatic rings. The minimum atomic E-state index is -0.404. The number of rotatable bonds is 4. The van der Waals surface area contributed by atoms with Crippen LogP contribution in [0.15, 0.2) is 47.0 Å². The normalized spacial score (nSPS) is 15.3. The number of aromatic amines is 1. The lowest BCUT2D eigenvalue weighted by Gasteiger charge is -2.24. The molecule has 0 spiro atoms. The summed E-state index contributed by atoms with van der Waals surface area (Å²) < 4.78 is 25.1. The van der Waals surface area contributed by atoms with Crippen molar-refractivity contribution in [2.75, 3.05) is 26.3 Å². The van der Waals surface area contributed by atoms with Gasteiger partial charge in [-0.25, -0.2) is 9.37 Å². The van der Waals surface area contributed by atoms with E-state index in [1.807, 2.05) is 24.3 Å². The Kier molecular flexibility index (Phi) is 4.34. The van der Waals surface area contributed by atoms with Gasteiger partial charge in [0.05, 0.1) is 36.4 Å². The van der Waals surface area contributed by atoms with Gasteiger partial charge in [0.15, 0.2) is 0 Å². The van der Waals surface area contributed by atoms with Gasteiger partial charge in [0, 0.05) is 18.7 Å². The lowest BCUT2D eigenvalue weighted by molar-refractivity contribution is 0.0297. The summed E-state index contributed by atoms with van der Waals surface area (Å²) in [6.45, 7) is 3.53. The van der Waals surface area contributed by atoms with E-state index < -0.39 is 5.82 Å². The Balaban J connectivity index is 1.44. The average Bonchev–Trinajstić information content (AvgIpc) is 3.36. The Hall–Kier alpha value is -3.10. The van der Waals surface area contributed by atoms with Crippen LogP contribution in [-0.4, -0.2) is 51.3 Å². The average molecular weight is 379 g/mol. The van der Waals surface area contributed by atoms with E-state index >= 15 is 0 Å². The van der Waals surface area contributed by atoms with Gasteiger partial charge in [-0.3, -0.25) is 4.90 Å². The highest BCUT2D eigenvalue weighted by atomic mass is 19.1. The first-order valence-electron chi connectivity index (χ1n) is 9.14. The summed E-state index contributed by atoms with van der Waals surface area (Å²) in [5.74, 6) is 0.960. The first-order valence-corrected chi connectivity index (χ1v) is 9.14. The van der Waals surface area contributed by atoms with Crippen LogP contribution >= 0.6 is 0 Å². The van der Waals surface area contributed by atoms with Crippen LogP contribution in [-0.2, 0) is 11.3 Å². The molecule has 2 aromatic carbocycles. The van der Waals surface area contributed by atoms with Crippen molar-refractivity contribution < 1.29 is 13.7 Å². The van der Waals surface area contributed by atoms with E-state index in [1.165, 1.54) is 6.07 Å². The maximum Gasteiger partial charge on any atom is 0.241 e. The first kappa shape index (κ1) is 17.0. The Labute approximate surface area is 160 Å². The van der Waals surface area contributed by atoms with Crippen LogP contribution in [0.3, 0.4) is 0 Å². The lowest BCUT2D eigenvalue weighted by atomic mass is 10.1. The highest BCUT2D eigenvalue weighted by molar-refractivity contribution is 5.80. The van der Waals surface area contributed by atoms with Crippen molar-refractivity contribution in [1.82, 2.24) is 25.0 Å². The van der Waals surface area contributed by atoms with Gasteiger partial charge < -0.3 is 14.2 Å². The number of morpholine rings is 1. The van der Waals surface area contributed by atoms with Gasteiger partial charge in [-0.1, -0.05) is 17.3 Å². The number of fused-ring (bicyclic) bond motifs is 1. The molecule has 7 nitrogen and oxygen atoms in total. The van der Waals surface area contributed by atoms with Gasteiger partial charge >= 0.3 is 0 Å². The molecular weight excluding hydrogens is 361 g/mol. The zero-order valence-electron chi connectivity index (χ0n) is 15.1. The van der Waals surface area contributed by atoms with Crippen molar-refractivity contribution in [2.24, 2.45) is 0 Å². The summed E-state index contributed by atoms with van der Waals surface area (Å²) in [6, 6.07) is 12.5. The van der Waals surface area contributed by atoms with Crippen LogP contribution < -0.4 is 0 Å². The summed E-state index contributed by atoms with van der Waals surface area (Å²) in [5.41, 5.74) is 2.83. The predicted molar refractivity (Wildman–Crippen MR) is 101 cm³/mol. The number of ether oxygens (including phenoxy) is 1. The fourth-order valence-corrected chi connectivity index (χ4v) is 3.31.